The standard InChI is InChI=1S/C13H23NO3/c1-17-9-7-14(6-8-15)13(16)12-10-4-2-3-5-11(10)12/h10-12,15H,2-9H2,1H3. The van der Waals surface area contributed by atoms with Gasteiger partial charge in [0.1, 0.15) is 0 Å². The van der Waals surface area contributed by atoms with Gasteiger partial charge in [-0.05, 0) is 24.7 Å². The third kappa shape index (κ3) is 2.80. The average molecular weight is 241 g/mol. The van der Waals surface area contributed by atoms with Crippen LogP contribution in [0.4, 0.5) is 0 Å². The van der Waals surface area contributed by atoms with Crippen molar-refractivity contribution in [2.24, 2.45) is 17.8 Å². The first-order chi connectivity index (χ1) is 8.29. The molecule has 17 heavy (non-hydrogen) atoms. The molecule has 2 saturated carbocycles. The first kappa shape index (κ1) is 12.8. The van der Waals surface area contributed by atoms with Gasteiger partial charge in [-0.1, -0.05) is 12.8 Å². The van der Waals surface area contributed by atoms with Crippen molar-refractivity contribution in [1.29, 1.82) is 0 Å². The van der Waals surface area contributed by atoms with Crippen LogP contribution in [0.3, 0.4) is 0 Å². The highest BCUT2D eigenvalue weighted by Gasteiger charge is 2.55. The smallest absolute Gasteiger partial charge is 0.226 e. The number of nitrogens with zero attached hydrogens (tertiary/aromatic N) is 1. The van der Waals surface area contributed by atoms with E-state index in [1.165, 1.54) is 25.7 Å². The quantitative estimate of drug-likeness (QED) is 0.751. The second-order valence-electron chi connectivity index (χ2n) is 5.18. The summed E-state index contributed by atoms with van der Waals surface area (Å²) in [5.41, 5.74) is 0. The number of hydrogen-bond donors (Lipinski definition) is 1. The van der Waals surface area contributed by atoms with E-state index in [0.29, 0.717) is 31.5 Å². The van der Waals surface area contributed by atoms with Crippen LogP contribution in [-0.4, -0.2) is 49.3 Å². The molecule has 0 heterocycles. The van der Waals surface area contributed by atoms with Crippen LogP contribution in [0, 0.1) is 17.8 Å². The number of ether oxygens (including phenoxy) is 1. The van der Waals surface area contributed by atoms with Crippen molar-refractivity contribution in [3.05, 3.63) is 0 Å². The lowest BCUT2D eigenvalue weighted by Crippen LogP contribution is -2.37. The first-order valence-electron chi connectivity index (χ1n) is 6.68. The molecule has 0 aromatic carbocycles. The van der Waals surface area contributed by atoms with Crippen molar-refractivity contribution >= 4 is 5.91 Å². The Morgan fingerprint density at radius 1 is 1.29 bits per heavy atom. The SMILES string of the molecule is COCCN(CCO)C(=O)C1C2CCCCC21. The van der Waals surface area contributed by atoms with E-state index in [0.717, 1.165) is 0 Å². The normalized spacial score (nSPS) is 30.8. The van der Waals surface area contributed by atoms with Crippen LogP contribution >= 0.6 is 0 Å². The first-order valence-corrected chi connectivity index (χ1v) is 6.68. The summed E-state index contributed by atoms with van der Waals surface area (Å²) in [6.07, 6.45) is 5.00. The molecule has 4 heteroatoms. The molecule has 1 amide bonds. The maximum atomic E-state index is 12.3. The van der Waals surface area contributed by atoms with E-state index >= 15 is 0 Å². The van der Waals surface area contributed by atoms with Gasteiger partial charge in [0.25, 0.3) is 0 Å². The van der Waals surface area contributed by atoms with Crippen LogP contribution in [-0.2, 0) is 9.53 Å². The molecule has 4 nitrogen and oxygen atoms in total. The molecule has 0 aromatic heterocycles. The fourth-order valence-corrected chi connectivity index (χ4v) is 3.22. The lowest BCUT2D eigenvalue weighted by molar-refractivity contribution is -0.134. The second-order valence-corrected chi connectivity index (χ2v) is 5.18. The number of hydrogen-bond acceptors (Lipinski definition) is 3. The Hall–Kier alpha value is -0.610. The van der Waals surface area contributed by atoms with Gasteiger partial charge in [-0.15, -0.1) is 0 Å². The van der Waals surface area contributed by atoms with Gasteiger partial charge in [0.2, 0.25) is 5.91 Å². The lowest BCUT2D eigenvalue weighted by Gasteiger charge is -2.21. The molecule has 2 aliphatic rings. The summed E-state index contributed by atoms with van der Waals surface area (Å²) in [5.74, 6) is 1.77. The predicted octanol–water partition coefficient (Wildman–Crippen LogP) is 0.890. The average Bonchev–Trinajstić information content (AvgIpc) is 3.08. The third-order valence-electron chi connectivity index (χ3n) is 4.19. The van der Waals surface area contributed by atoms with Crippen LogP contribution in [0.15, 0.2) is 0 Å². The second kappa shape index (κ2) is 5.83. The molecule has 0 aliphatic heterocycles. The highest BCUT2D eigenvalue weighted by Crippen LogP contribution is 2.56. The summed E-state index contributed by atoms with van der Waals surface area (Å²) in [7, 11) is 1.64. The van der Waals surface area contributed by atoms with Gasteiger partial charge >= 0.3 is 0 Å². The van der Waals surface area contributed by atoms with Crippen molar-refractivity contribution in [1.82, 2.24) is 4.90 Å². The van der Waals surface area contributed by atoms with Gasteiger partial charge in [0, 0.05) is 26.1 Å². The fourth-order valence-electron chi connectivity index (χ4n) is 3.22. The van der Waals surface area contributed by atoms with Crippen LogP contribution in [0.5, 0.6) is 0 Å². The maximum Gasteiger partial charge on any atom is 0.226 e. The van der Waals surface area contributed by atoms with Gasteiger partial charge in [0.05, 0.1) is 13.2 Å². The summed E-state index contributed by atoms with van der Waals surface area (Å²) >= 11 is 0. The maximum absolute atomic E-state index is 12.3. The van der Waals surface area contributed by atoms with Crippen molar-refractivity contribution in [3.8, 4) is 0 Å². The Labute approximate surface area is 103 Å². The van der Waals surface area contributed by atoms with Crippen LogP contribution in [0.2, 0.25) is 0 Å². The van der Waals surface area contributed by atoms with Gasteiger partial charge in [-0.3, -0.25) is 4.79 Å². The number of methoxy groups -OCH3 is 1. The van der Waals surface area contributed by atoms with Crippen LogP contribution < -0.4 is 0 Å². The molecule has 2 aliphatic carbocycles. The summed E-state index contributed by atoms with van der Waals surface area (Å²) in [5, 5.41) is 9.01. The van der Waals surface area contributed by atoms with Crippen LogP contribution in [0.1, 0.15) is 25.7 Å². The topological polar surface area (TPSA) is 49.8 Å². The number of rotatable bonds is 6. The summed E-state index contributed by atoms with van der Waals surface area (Å²) in [6, 6.07) is 0. The number of amides is 1. The van der Waals surface area contributed by atoms with E-state index < -0.39 is 0 Å². The highest BCUT2D eigenvalue weighted by atomic mass is 16.5. The molecule has 0 saturated heterocycles. The van der Waals surface area contributed by atoms with Gasteiger partial charge in [-0.2, -0.15) is 0 Å². The zero-order chi connectivity index (χ0) is 12.3. The Kier molecular flexibility index (Phi) is 4.40. The molecule has 2 fully saturated rings. The van der Waals surface area contributed by atoms with Crippen molar-refractivity contribution in [2.45, 2.75) is 25.7 Å². The van der Waals surface area contributed by atoms with E-state index in [1.807, 2.05) is 0 Å². The Morgan fingerprint density at radius 3 is 2.47 bits per heavy atom. The Balaban J connectivity index is 1.87. The molecule has 0 aromatic rings. The summed E-state index contributed by atoms with van der Waals surface area (Å²) in [4.78, 5) is 14.1. The molecule has 0 spiro atoms. The third-order valence-corrected chi connectivity index (χ3v) is 4.19. The Morgan fingerprint density at radius 2 is 1.94 bits per heavy atom. The summed E-state index contributed by atoms with van der Waals surface area (Å²) < 4.78 is 5.01. The van der Waals surface area contributed by atoms with E-state index in [4.69, 9.17) is 9.84 Å². The van der Waals surface area contributed by atoms with E-state index in [1.54, 1.807) is 12.0 Å². The van der Waals surface area contributed by atoms with Gasteiger partial charge in [-0.25, -0.2) is 0 Å². The molecule has 0 radical (unpaired) electrons. The fraction of sp³-hybridized carbons (Fsp3) is 0.923. The number of carbonyl (C=O) groups excluding carboxylic acids is 1. The molecule has 98 valence electrons. The molecule has 2 unspecified atom stereocenters. The lowest BCUT2D eigenvalue weighted by atomic mass is 10.0. The molecule has 2 atom stereocenters. The van der Waals surface area contributed by atoms with Crippen molar-refractivity contribution in [2.75, 3.05) is 33.4 Å². The van der Waals surface area contributed by atoms with Crippen LogP contribution in [0.25, 0.3) is 0 Å². The number of aliphatic hydroxyl groups is 1. The predicted molar refractivity (Wildman–Crippen MR) is 64.5 cm³/mol. The minimum absolute atomic E-state index is 0.0392. The van der Waals surface area contributed by atoms with Crippen molar-refractivity contribution in [3.63, 3.8) is 0 Å². The highest BCUT2D eigenvalue weighted by molar-refractivity contribution is 5.82. The largest absolute Gasteiger partial charge is 0.395 e. The number of aliphatic hydroxyl groups excluding tert-OH is 1. The van der Waals surface area contributed by atoms with Gasteiger partial charge < -0.3 is 14.7 Å². The van der Waals surface area contributed by atoms with Crippen molar-refractivity contribution < 1.29 is 14.6 Å². The molecule has 2 rings (SSSR count). The van der Waals surface area contributed by atoms with E-state index in [2.05, 4.69) is 0 Å². The molecule has 1 N–H and O–H groups in total. The molecular formula is C13H23NO3. The monoisotopic (exact) mass is 241 g/mol. The zero-order valence-corrected chi connectivity index (χ0v) is 10.6. The summed E-state index contributed by atoms with van der Waals surface area (Å²) in [6.45, 7) is 1.63. The van der Waals surface area contributed by atoms with E-state index in [-0.39, 0.29) is 18.4 Å². The number of fused-ring (bicyclic) bond motifs is 1. The molecular weight excluding hydrogens is 218 g/mol. The molecule has 0 bridgehead atoms. The Bertz CT molecular complexity index is 257. The van der Waals surface area contributed by atoms with Gasteiger partial charge in [0.15, 0.2) is 0 Å². The minimum Gasteiger partial charge on any atom is -0.395 e. The number of carbonyl (C=O) groups is 1. The zero-order valence-electron chi connectivity index (χ0n) is 10.6. The minimum atomic E-state index is 0.0392. The van der Waals surface area contributed by atoms with E-state index in [9.17, 15) is 4.79 Å².